The van der Waals surface area contributed by atoms with Crippen molar-refractivity contribution in [2.24, 2.45) is 0 Å². The van der Waals surface area contributed by atoms with Crippen LogP contribution in [0.3, 0.4) is 0 Å². The van der Waals surface area contributed by atoms with Crippen LogP contribution in [-0.2, 0) is 10.0 Å². The second-order valence-electron chi connectivity index (χ2n) is 6.54. The number of aryl methyl sites for hydroxylation is 2. The number of rotatable bonds is 4. The van der Waals surface area contributed by atoms with Crippen LogP contribution in [0.15, 0.2) is 41.4 Å². The summed E-state index contributed by atoms with van der Waals surface area (Å²) in [6.07, 6.45) is 4.43. The molecular weight excluding hydrogens is 336 g/mol. The van der Waals surface area contributed by atoms with E-state index in [4.69, 9.17) is 4.74 Å². The van der Waals surface area contributed by atoms with Gasteiger partial charge in [-0.05, 0) is 50.5 Å². The Bertz CT molecular complexity index is 847. The number of hydrogen-bond donors (Lipinski definition) is 0. The Morgan fingerprint density at radius 2 is 1.88 bits per heavy atom. The molecule has 3 rings (SSSR count). The van der Waals surface area contributed by atoms with Crippen LogP contribution in [-0.4, -0.2) is 31.4 Å². The Hall–Kier alpha value is -1.92. The predicted octanol–water partition coefficient (Wildman–Crippen LogP) is 3.62. The van der Waals surface area contributed by atoms with Crippen molar-refractivity contribution >= 4 is 10.0 Å². The molecule has 1 unspecified atom stereocenters. The summed E-state index contributed by atoms with van der Waals surface area (Å²) in [6, 6.07) is 8.86. The van der Waals surface area contributed by atoms with Crippen LogP contribution in [0.5, 0.6) is 5.88 Å². The highest BCUT2D eigenvalue weighted by molar-refractivity contribution is 7.89. The highest BCUT2D eigenvalue weighted by Crippen LogP contribution is 2.36. The Labute approximate surface area is 149 Å². The first kappa shape index (κ1) is 17.9. The van der Waals surface area contributed by atoms with Crippen molar-refractivity contribution in [1.82, 2.24) is 9.29 Å². The van der Waals surface area contributed by atoms with Crippen molar-refractivity contribution in [3.05, 3.63) is 53.2 Å². The minimum atomic E-state index is -3.53. The van der Waals surface area contributed by atoms with Crippen molar-refractivity contribution in [3.8, 4) is 5.88 Å². The van der Waals surface area contributed by atoms with Gasteiger partial charge in [-0.15, -0.1) is 0 Å². The monoisotopic (exact) mass is 360 g/mol. The van der Waals surface area contributed by atoms with E-state index in [0.717, 1.165) is 36.0 Å². The molecule has 1 aromatic carbocycles. The quantitative estimate of drug-likeness (QED) is 0.835. The van der Waals surface area contributed by atoms with E-state index >= 15 is 0 Å². The van der Waals surface area contributed by atoms with Gasteiger partial charge in [0.05, 0.1) is 18.0 Å². The molecule has 1 saturated heterocycles. The van der Waals surface area contributed by atoms with E-state index in [0.29, 0.717) is 17.3 Å². The van der Waals surface area contributed by atoms with E-state index in [2.05, 4.69) is 4.98 Å². The average molecular weight is 360 g/mol. The van der Waals surface area contributed by atoms with E-state index < -0.39 is 10.0 Å². The minimum absolute atomic E-state index is 0.183. The lowest BCUT2D eigenvalue weighted by atomic mass is 9.98. The zero-order chi connectivity index (χ0) is 18.0. The van der Waals surface area contributed by atoms with Gasteiger partial charge in [-0.25, -0.2) is 13.4 Å². The molecule has 0 amide bonds. The van der Waals surface area contributed by atoms with E-state index in [1.54, 1.807) is 29.7 Å². The smallest absolute Gasteiger partial charge is 0.243 e. The second-order valence-corrected chi connectivity index (χ2v) is 8.43. The first-order chi connectivity index (χ1) is 11.9. The topological polar surface area (TPSA) is 59.5 Å². The summed E-state index contributed by atoms with van der Waals surface area (Å²) >= 11 is 0. The van der Waals surface area contributed by atoms with Crippen molar-refractivity contribution in [3.63, 3.8) is 0 Å². The molecule has 1 aromatic heterocycles. The lowest BCUT2D eigenvalue weighted by molar-refractivity contribution is 0.255. The van der Waals surface area contributed by atoms with Gasteiger partial charge in [0.2, 0.25) is 15.9 Å². The normalized spacial score (nSPS) is 18.9. The molecule has 0 spiro atoms. The fourth-order valence-corrected chi connectivity index (χ4v) is 5.03. The van der Waals surface area contributed by atoms with Gasteiger partial charge >= 0.3 is 0 Å². The lowest BCUT2D eigenvalue weighted by Gasteiger charge is -2.35. The molecule has 1 atom stereocenters. The SMILES string of the molecule is COc1ncc(C2CCCCN2S(=O)(=O)c2ccc(C)cc2)cc1C. The summed E-state index contributed by atoms with van der Waals surface area (Å²) < 4.78 is 33.2. The first-order valence-corrected chi connectivity index (χ1v) is 9.96. The van der Waals surface area contributed by atoms with Crippen LogP contribution in [0.1, 0.15) is 42.0 Å². The minimum Gasteiger partial charge on any atom is -0.481 e. The molecule has 0 radical (unpaired) electrons. The Morgan fingerprint density at radius 3 is 2.52 bits per heavy atom. The third kappa shape index (κ3) is 3.55. The Morgan fingerprint density at radius 1 is 1.16 bits per heavy atom. The number of pyridine rings is 1. The molecule has 25 heavy (non-hydrogen) atoms. The van der Waals surface area contributed by atoms with Gasteiger partial charge in [0.15, 0.2) is 0 Å². The van der Waals surface area contributed by atoms with Crippen LogP contribution in [0.4, 0.5) is 0 Å². The summed E-state index contributed by atoms with van der Waals surface area (Å²) in [7, 11) is -1.94. The fraction of sp³-hybridized carbons (Fsp3) is 0.421. The predicted molar refractivity (Wildman–Crippen MR) is 97.2 cm³/mol. The van der Waals surface area contributed by atoms with Crippen LogP contribution >= 0.6 is 0 Å². The number of aromatic nitrogens is 1. The molecule has 0 bridgehead atoms. The number of piperidine rings is 1. The summed E-state index contributed by atoms with van der Waals surface area (Å²) in [4.78, 5) is 4.68. The van der Waals surface area contributed by atoms with E-state index in [1.165, 1.54) is 0 Å². The standard InChI is InChI=1S/C19H24N2O3S/c1-14-7-9-17(10-8-14)25(22,23)21-11-5-4-6-18(21)16-12-15(2)19(24-3)20-13-16/h7-10,12-13,18H,4-6,11H2,1-3H3. The molecule has 5 nitrogen and oxygen atoms in total. The molecule has 2 heterocycles. The van der Waals surface area contributed by atoms with Gasteiger partial charge in [-0.3, -0.25) is 0 Å². The van der Waals surface area contributed by atoms with Crippen LogP contribution in [0.25, 0.3) is 0 Å². The molecular formula is C19H24N2O3S. The van der Waals surface area contributed by atoms with E-state index in [-0.39, 0.29) is 6.04 Å². The van der Waals surface area contributed by atoms with Gasteiger partial charge in [0.1, 0.15) is 0 Å². The summed E-state index contributed by atoms with van der Waals surface area (Å²) in [6.45, 7) is 4.41. The molecule has 0 saturated carbocycles. The molecule has 6 heteroatoms. The number of methoxy groups -OCH3 is 1. The summed E-state index contributed by atoms with van der Waals surface area (Å²) in [5, 5.41) is 0. The average Bonchev–Trinajstić information content (AvgIpc) is 2.62. The molecule has 2 aromatic rings. The molecule has 0 aliphatic carbocycles. The highest BCUT2D eigenvalue weighted by atomic mass is 32.2. The number of hydrogen-bond acceptors (Lipinski definition) is 4. The molecule has 1 aliphatic heterocycles. The van der Waals surface area contributed by atoms with Gasteiger partial charge in [-0.2, -0.15) is 4.31 Å². The third-order valence-electron chi connectivity index (χ3n) is 4.71. The van der Waals surface area contributed by atoms with Gasteiger partial charge < -0.3 is 4.74 Å². The van der Waals surface area contributed by atoms with Crippen molar-refractivity contribution in [2.45, 2.75) is 44.0 Å². The van der Waals surface area contributed by atoms with E-state index in [1.807, 2.05) is 32.0 Å². The molecule has 0 N–H and O–H groups in total. The second kappa shape index (κ2) is 7.14. The fourth-order valence-electron chi connectivity index (χ4n) is 3.35. The highest BCUT2D eigenvalue weighted by Gasteiger charge is 2.34. The van der Waals surface area contributed by atoms with Crippen LogP contribution in [0, 0.1) is 13.8 Å². The number of benzene rings is 1. The number of nitrogens with zero attached hydrogens (tertiary/aromatic N) is 2. The zero-order valence-corrected chi connectivity index (χ0v) is 15.7. The number of ether oxygens (including phenoxy) is 1. The van der Waals surface area contributed by atoms with Crippen molar-refractivity contribution in [2.75, 3.05) is 13.7 Å². The van der Waals surface area contributed by atoms with Crippen molar-refractivity contribution < 1.29 is 13.2 Å². The maximum absolute atomic E-state index is 13.2. The summed E-state index contributed by atoms with van der Waals surface area (Å²) in [5.41, 5.74) is 2.89. The van der Waals surface area contributed by atoms with Crippen LogP contribution in [0.2, 0.25) is 0 Å². The first-order valence-electron chi connectivity index (χ1n) is 8.52. The maximum atomic E-state index is 13.2. The van der Waals surface area contributed by atoms with Gasteiger partial charge in [-0.1, -0.05) is 24.1 Å². The zero-order valence-electron chi connectivity index (χ0n) is 14.9. The van der Waals surface area contributed by atoms with Gasteiger partial charge in [0.25, 0.3) is 0 Å². The maximum Gasteiger partial charge on any atom is 0.243 e. The van der Waals surface area contributed by atoms with E-state index in [9.17, 15) is 8.42 Å². The largest absolute Gasteiger partial charge is 0.481 e. The van der Waals surface area contributed by atoms with Crippen LogP contribution < -0.4 is 4.74 Å². The van der Waals surface area contributed by atoms with Gasteiger partial charge in [0, 0.05) is 18.3 Å². The third-order valence-corrected chi connectivity index (χ3v) is 6.63. The molecule has 134 valence electrons. The number of sulfonamides is 1. The summed E-state index contributed by atoms with van der Waals surface area (Å²) in [5.74, 6) is 0.576. The van der Waals surface area contributed by atoms with Crippen molar-refractivity contribution in [1.29, 1.82) is 0 Å². The Balaban J connectivity index is 1.98. The molecule has 1 fully saturated rings. The lowest BCUT2D eigenvalue weighted by Crippen LogP contribution is -2.38. The Kier molecular flexibility index (Phi) is 5.11. The molecule has 1 aliphatic rings.